The Bertz CT molecular complexity index is 1140. The van der Waals surface area contributed by atoms with E-state index in [0.717, 1.165) is 107 Å². The molecular formula is C56H96N2. The lowest BCUT2D eigenvalue weighted by atomic mass is 9.43. The molecule has 0 spiro atoms. The fourth-order valence-electron chi connectivity index (χ4n) is 19.6. The van der Waals surface area contributed by atoms with Crippen LogP contribution in [0.4, 0.5) is 0 Å². The smallest absolute Gasteiger partial charge is 0.00953 e. The van der Waals surface area contributed by atoms with Gasteiger partial charge in [-0.05, 0) is 251 Å². The van der Waals surface area contributed by atoms with Crippen LogP contribution in [0.3, 0.4) is 0 Å². The molecule has 10 fully saturated rings. The fraction of sp³-hybridized carbons (Fsp3) is 1.00. The minimum Gasteiger partial charge on any atom is -0.300 e. The van der Waals surface area contributed by atoms with Crippen LogP contribution >= 0.6 is 0 Å². The molecule has 58 heavy (non-hydrogen) atoms. The Hall–Kier alpha value is -0.0800. The van der Waals surface area contributed by atoms with Crippen molar-refractivity contribution < 1.29 is 0 Å². The first-order chi connectivity index (χ1) is 28.6. The third-order valence-electron chi connectivity index (χ3n) is 22.6. The molecule has 0 aromatic heterocycles. The zero-order chi connectivity index (χ0) is 39.0. The molecule has 10 saturated carbocycles. The maximum absolute atomic E-state index is 2.88. The topological polar surface area (TPSA) is 6.48 Å². The van der Waals surface area contributed by atoms with Crippen molar-refractivity contribution in [3.8, 4) is 0 Å². The summed E-state index contributed by atoms with van der Waals surface area (Å²) >= 11 is 0. The first kappa shape index (κ1) is 41.9. The maximum Gasteiger partial charge on any atom is 0.00953 e. The van der Waals surface area contributed by atoms with E-state index in [-0.39, 0.29) is 0 Å². The molecule has 0 amide bonds. The lowest BCUT2D eigenvalue weighted by Crippen LogP contribution is -2.55. The van der Waals surface area contributed by atoms with Crippen molar-refractivity contribution in [3.05, 3.63) is 0 Å². The number of hydrogen-bond donors (Lipinski definition) is 0. The van der Waals surface area contributed by atoms with Crippen molar-refractivity contribution in [3.63, 3.8) is 0 Å². The van der Waals surface area contributed by atoms with E-state index in [1.54, 1.807) is 141 Å². The molecule has 330 valence electrons. The van der Waals surface area contributed by atoms with Crippen LogP contribution in [0.15, 0.2) is 0 Å². The Balaban J connectivity index is 0.775. The molecule has 0 N–H and O–H groups in total. The molecule has 0 saturated heterocycles. The molecule has 2 heteroatoms. The van der Waals surface area contributed by atoms with Crippen molar-refractivity contribution in [2.75, 3.05) is 14.1 Å². The molecule has 0 aromatic carbocycles. The van der Waals surface area contributed by atoms with Gasteiger partial charge in [-0.15, -0.1) is 0 Å². The van der Waals surface area contributed by atoms with Gasteiger partial charge >= 0.3 is 0 Å². The van der Waals surface area contributed by atoms with Crippen molar-refractivity contribution >= 4 is 0 Å². The summed E-state index contributed by atoms with van der Waals surface area (Å²) in [6.45, 7) is 0. The van der Waals surface area contributed by atoms with Gasteiger partial charge < -0.3 is 9.80 Å². The van der Waals surface area contributed by atoms with E-state index in [1.165, 1.54) is 89.9 Å². The standard InChI is InChI=1S/C56H96N2/c1-57(47-15-5-3-6-16-47)49-33-29-41(30-34-49)39-21-25-43(26-22-39)55-51-19-11-12-20-52(51)56(54-38-46-14-10-9-13-45(46)37-53(54)55)44-27-23-40(24-28-44)42-31-35-50(36-32-42)58(2)48-17-7-4-8-18-48/h39-56H,3-38H2,1-2H3. The molecule has 0 radical (unpaired) electrons. The van der Waals surface area contributed by atoms with Crippen molar-refractivity contribution in [2.45, 2.75) is 255 Å². The summed E-state index contributed by atoms with van der Waals surface area (Å²) < 4.78 is 0. The second-order valence-corrected chi connectivity index (χ2v) is 24.8. The monoisotopic (exact) mass is 797 g/mol. The predicted molar refractivity (Wildman–Crippen MR) is 246 cm³/mol. The molecule has 10 aliphatic rings. The van der Waals surface area contributed by atoms with E-state index in [4.69, 9.17) is 0 Å². The molecule has 10 aliphatic carbocycles. The van der Waals surface area contributed by atoms with Crippen LogP contribution in [0.5, 0.6) is 0 Å². The number of nitrogens with zero attached hydrogens (tertiary/aromatic N) is 2. The zero-order valence-corrected chi connectivity index (χ0v) is 38.7. The maximum atomic E-state index is 2.88. The fourth-order valence-corrected chi connectivity index (χ4v) is 19.6. The summed E-state index contributed by atoms with van der Waals surface area (Å²) in [5.74, 6) is 15.4. The predicted octanol–water partition coefficient (Wildman–Crippen LogP) is 15.1. The Morgan fingerprint density at radius 1 is 0.224 bits per heavy atom. The second-order valence-electron chi connectivity index (χ2n) is 24.8. The minimum atomic E-state index is 0.897. The average Bonchev–Trinajstić information content (AvgIpc) is 3.30. The second kappa shape index (κ2) is 19.3. The molecule has 0 aromatic rings. The van der Waals surface area contributed by atoms with Gasteiger partial charge in [-0.1, -0.05) is 77.0 Å². The largest absolute Gasteiger partial charge is 0.300 e. The average molecular weight is 797 g/mol. The van der Waals surface area contributed by atoms with E-state index < -0.39 is 0 Å². The van der Waals surface area contributed by atoms with E-state index in [2.05, 4.69) is 23.9 Å². The normalized spacial score (nSPS) is 47.6. The summed E-state index contributed by atoms with van der Waals surface area (Å²) in [7, 11) is 5.03. The Morgan fingerprint density at radius 2 is 0.500 bits per heavy atom. The van der Waals surface area contributed by atoms with E-state index in [1.807, 2.05) is 0 Å². The number of fused-ring (bicyclic) bond motifs is 3. The summed E-state index contributed by atoms with van der Waals surface area (Å²) in [5, 5.41) is 0. The van der Waals surface area contributed by atoms with Gasteiger partial charge in [0.05, 0.1) is 0 Å². The highest BCUT2D eigenvalue weighted by Gasteiger charge is 2.57. The summed E-state index contributed by atoms with van der Waals surface area (Å²) in [6, 6.07) is 3.60. The molecular weight excluding hydrogens is 701 g/mol. The lowest BCUT2D eigenvalue weighted by Gasteiger charge is -2.62. The van der Waals surface area contributed by atoms with Gasteiger partial charge in [0.2, 0.25) is 0 Å². The van der Waals surface area contributed by atoms with Crippen molar-refractivity contribution in [2.24, 2.45) is 82.9 Å². The highest BCUT2D eigenvalue weighted by atomic mass is 15.2. The van der Waals surface area contributed by atoms with Crippen LogP contribution < -0.4 is 0 Å². The molecule has 8 unspecified atom stereocenters. The van der Waals surface area contributed by atoms with Gasteiger partial charge in [0.15, 0.2) is 0 Å². The van der Waals surface area contributed by atoms with Crippen molar-refractivity contribution in [1.29, 1.82) is 0 Å². The Kier molecular flexibility index (Phi) is 14.0. The van der Waals surface area contributed by atoms with E-state index in [0.29, 0.717) is 0 Å². The van der Waals surface area contributed by atoms with Crippen LogP contribution in [0.25, 0.3) is 0 Å². The van der Waals surface area contributed by atoms with Crippen molar-refractivity contribution in [1.82, 2.24) is 9.80 Å². The van der Waals surface area contributed by atoms with Crippen LogP contribution in [0, 0.1) is 82.9 Å². The Labute approximate surface area is 360 Å². The number of rotatable bonds is 8. The first-order valence-electron chi connectivity index (χ1n) is 28.0. The minimum absolute atomic E-state index is 0.897. The molecule has 8 atom stereocenters. The van der Waals surface area contributed by atoms with Crippen LogP contribution in [0.2, 0.25) is 0 Å². The quantitative estimate of drug-likeness (QED) is 0.241. The van der Waals surface area contributed by atoms with Gasteiger partial charge in [-0.2, -0.15) is 0 Å². The molecule has 0 heterocycles. The van der Waals surface area contributed by atoms with Gasteiger partial charge in [0.25, 0.3) is 0 Å². The zero-order valence-electron chi connectivity index (χ0n) is 38.7. The number of hydrogen-bond acceptors (Lipinski definition) is 2. The summed E-state index contributed by atoms with van der Waals surface area (Å²) in [4.78, 5) is 5.77. The summed E-state index contributed by atoms with van der Waals surface area (Å²) in [6.07, 6.45) is 56.2. The third kappa shape index (κ3) is 8.87. The van der Waals surface area contributed by atoms with Gasteiger partial charge in [-0.25, -0.2) is 0 Å². The SMILES string of the molecule is CN(C1CCCCC1)C1CCC(C2CCC(C3C4CCCCC4C(C4CCC(C5CCC(N(C)C6CCCCC6)CC5)CC4)C4CC5CCCCC5CC43)CC2)CC1. The highest BCUT2D eigenvalue weighted by Crippen LogP contribution is 2.65. The van der Waals surface area contributed by atoms with Crippen LogP contribution in [0.1, 0.15) is 231 Å². The van der Waals surface area contributed by atoms with E-state index in [9.17, 15) is 0 Å². The molecule has 0 bridgehead atoms. The van der Waals surface area contributed by atoms with Gasteiger partial charge in [0.1, 0.15) is 0 Å². The third-order valence-corrected chi connectivity index (χ3v) is 22.6. The first-order valence-corrected chi connectivity index (χ1v) is 28.0. The van der Waals surface area contributed by atoms with E-state index >= 15 is 0 Å². The molecule has 10 rings (SSSR count). The molecule has 0 aliphatic heterocycles. The highest BCUT2D eigenvalue weighted by molar-refractivity contribution is 5.06. The van der Waals surface area contributed by atoms with Gasteiger partial charge in [-0.3, -0.25) is 0 Å². The summed E-state index contributed by atoms with van der Waals surface area (Å²) in [5.41, 5.74) is 0. The lowest BCUT2D eigenvalue weighted by molar-refractivity contribution is -0.137. The Morgan fingerprint density at radius 3 is 0.862 bits per heavy atom. The van der Waals surface area contributed by atoms with Gasteiger partial charge in [0, 0.05) is 24.2 Å². The van der Waals surface area contributed by atoms with Crippen LogP contribution in [-0.4, -0.2) is 48.1 Å². The molecule has 2 nitrogen and oxygen atoms in total. The van der Waals surface area contributed by atoms with Crippen LogP contribution in [-0.2, 0) is 0 Å².